The molecule has 230 valence electrons. The van der Waals surface area contributed by atoms with Crippen LogP contribution < -0.4 is 17.2 Å². The summed E-state index contributed by atoms with van der Waals surface area (Å²) >= 11 is 0. The van der Waals surface area contributed by atoms with Gasteiger partial charge < -0.3 is 27.4 Å². The zero-order valence-corrected chi connectivity index (χ0v) is 24.9. The molecular weight excluding hydrogens is 530 g/mol. The maximum Gasteiger partial charge on any atom is 0.320 e. The van der Waals surface area contributed by atoms with Crippen molar-refractivity contribution in [2.24, 2.45) is 17.2 Å². The maximum absolute atomic E-state index is 10.4. The number of benzene rings is 3. The summed E-state index contributed by atoms with van der Waals surface area (Å²) in [5.74, 6) is -1.72. The van der Waals surface area contributed by atoms with Crippen molar-refractivity contribution < 1.29 is 24.6 Å². The van der Waals surface area contributed by atoms with Gasteiger partial charge in [-0.1, -0.05) is 111 Å². The van der Waals surface area contributed by atoms with Crippen LogP contribution in [-0.4, -0.2) is 47.6 Å². The molecule has 0 aliphatic carbocycles. The fourth-order valence-electron chi connectivity index (χ4n) is 3.56. The lowest BCUT2D eigenvalue weighted by atomic mass is 10.1. The smallest absolute Gasteiger partial charge is 0.320 e. The maximum atomic E-state index is 10.4. The second-order valence-corrected chi connectivity index (χ2v) is 9.63. The predicted molar refractivity (Wildman–Crippen MR) is 171 cm³/mol. The average Bonchev–Trinajstić information content (AvgIpc) is 3.00. The van der Waals surface area contributed by atoms with Crippen LogP contribution in [0.15, 0.2) is 84.9 Å². The first-order valence-electron chi connectivity index (χ1n) is 14.5. The van der Waals surface area contributed by atoms with Crippen molar-refractivity contribution >= 4 is 18.2 Å². The highest BCUT2D eigenvalue weighted by Gasteiger charge is 2.09. The molecule has 0 amide bonds. The van der Waals surface area contributed by atoms with Gasteiger partial charge in [-0.15, -0.1) is 0 Å². The fraction of sp³-hybridized carbons (Fsp3) is 0.382. The minimum Gasteiger partial charge on any atom is -0.481 e. The summed E-state index contributed by atoms with van der Waals surface area (Å²) < 4.78 is 0. The van der Waals surface area contributed by atoms with Crippen molar-refractivity contribution in [1.29, 1.82) is 0 Å². The van der Waals surface area contributed by atoms with E-state index in [4.69, 9.17) is 27.4 Å². The third kappa shape index (κ3) is 21.9. The molecule has 3 aromatic carbocycles. The highest BCUT2D eigenvalue weighted by molar-refractivity contribution is 5.74. The van der Waals surface area contributed by atoms with Crippen LogP contribution in [0.3, 0.4) is 0 Å². The van der Waals surface area contributed by atoms with E-state index >= 15 is 0 Å². The number of aliphatic carboxylic acids is 2. The number of unbranched alkanes of at least 4 members (excludes halogenated alkanes) is 3. The van der Waals surface area contributed by atoms with Crippen LogP contribution >= 0.6 is 0 Å². The van der Waals surface area contributed by atoms with Crippen molar-refractivity contribution in [3.8, 4) is 0 Å². The zero-order valence-electron chi connectivity index (χ0n) is 24.9. The molecule has 1 unspecified atom stereocenters. The lowest BCUT2D eigenvalue weighted by Gasteiger charge is -2.03. The predicted octanol–water partition coefficient (Wildman–Crippen LogP) is 5.26. The highest BCUT2D eigenvalue weighted by Crippen LogP contribution is 2.07. The van der Waals surface area contributed by atoms with E-state index in [2.05, 4.69) is 19.1 Å². The van der Waals surface area contributed by atoms with E-state index in [-0.39, 0.29) is 6.42 Å². The first-order valence-corrected chi connectivity index (χ1v) is 14.5. The second-order valence-electron chi connectivity index (χ2n) is 9.63. The van der Waals surface area contributed by atoms with Gasteiger partial charge in [0.25, 0.3) is 0 Å². The highest BCUT2D eigenvalue weighted by atomic mass is 16.4. The number of aldehydes is 1. The van der Waals surface area contributed by atoms with Gasteiger partial charge in [-0.3, -0.25) is 14.4 Å². The molecule has 0 radical (unpaired) electrons. The molecule has 0 spiro atoms. The number of carbonyl (C=O) groups excluding carboxylic acids is 1. The lowest BCUT2D eigenvalue weighted by Crippen LogP contribution is -2.29. The molecule has 1 atom stereocenters. The first kappa shape index (κ1) is 38.1. The Kier molecular flexibility index (Phi) is 23.7. The molecule has 8 nitrogen and oxygen atoms in total. The molecule has 42 heavy (non-hydrogen) atoms. The molecule has 8 N–H and O–H groups in total. The van der Waals surface area contributed by atoms with Crippen LogP contribution in [0.2, 0.25) is 0 Å². The van der Waals surface area contributed by atoms with Gasteiger partial charge in [-0.25, -0.2) is 0 Å². The quantitative estimate of drug-likeness (QED) is 0.127. The standard InChI is InChI=1S/C12H16O.C8H11N.C8H8O2.C6H14N2O2/c1-2-3-4-5-11-6-8-12(10-13)9-7-11;9-7-6-8-4-2-1-3-5-8;9-8(10)6-7-4-2-1-3-5-7;7-4-2-1-3-5(8)6(9)10/h6-10H,2-5H2,1H3;1-5H,6-7,9H2;1-5H,6H2,(H,9,10);5H,1-4,7-8H2,(H,9,10). The van der Waals surface area contributed by atoms with Crippen LogP contribution in [0.1, 0.15) is 72.5 Å². The summed E-state index contributed by atoms with van der Waals surface area (Å²) in [5.41, 5.74) is 20.0. The number of carboxylic acids is 2. The summed E-state index contributed by atoms with van der Waals surface area (Å²) in [7, 11) is 0. The summed E-state index contributed by atoms with van der Waals surface area (Å²) in [6.07, 6.45) is 9.07. The molecule has 0 bridgehead atoms. The lowest BCUT2D eigenvalue weighted by molar-refractivity contribution is -0.139. The van der Waals surface area contributed by atoms with Gasteiger partial charge in [0.1, 0.15) is 12.3 Å². The van der Waals surface area contributed by atoms with Crippen LogP contribution in [0, 0.1) is 0 Å². The number of rotatable bonds is 14. The summed E-state index contributed by atoms with van der Waals surface area (Å²) in [6, 6.07) is 26.5. The molecule has 3 rings (SSSR count). The summed E-state index contributed by atoms with van der Waals surface area (Å²) in [5, 5.41) is 16.7. The summed E-state index contributed by atoms with van der Waals surface area (Å²) in [4.78, 5) is 30.7. The van der Waals surface area contributed by atoms with Crippen LogP contribution in [-0.2, 0) is 28.9 Å². The largest absolute Gasteiger partial charge is 0.481 e. The molecule has 0 aliphatic heterocycles. The van der Waals surface area contributed by atoms with Gasteiger partial charge >= 0.3 is 11.9 Å². The van der Waals surface area contributed by atoms with E-state index < -0.39 is 18.0 Å². The molecule has 0 fully saturated rings. The van der Waals surface area contributed by atoms with Gasteiger partial charge in [-0.2, -0.15) is 0 Å². The number of hydrogen-bond acceptors (Lipinski definition) is 6. The Morgan fingerprint density at radius 3 is 1.71 bits per heavy atom. The van der Waals surface area contributed by atoms with Crippen LogP contribution in [0.25, 0.3) is 0 Å². The molecule has 0 saturated heterocycles. The third-order valence-corrected chi connectivity index (χ3v) is 5.95. The van der Waals surface area contributed by atoms with Crippen LogP contribution in [0.4, 0.5) is 0 Å². The topological polar surface area (TPSA) is 170 Å². The number of nitrogens with two attached hydrogens (primary N) is 3. The van der Waals surface area contributed by atoms with Gasteiger partial charge in [0.2, 0.25) is 0 Å². The normalized spacial score (nSPS) is 10.4. The second kappa shape index (κ2) is 26.1. The Balaban J connectivity index is 0.000000539. The Hall–Kier alpha value is -3.85. The molecule has 0 aromatic heterocycles. The molecule has 8 heteroatoms. The van der Waals surface area contributed by atoms with Gasteiger partial charge in [0.15, 0.2) is 0 Å². The SMILES string of the molecule is CCCCCc1ccc(C=O)cc1.NCCCCC(N)C(=O)O.NCCc1ccccc1.O=C(O)Cc1ccccc1. The minimum atomic E-state index is -0.933. The van der Waals surface area contributed by atoms with Crippen molar-refractivity contribution in [3.63, 3.8) is 0 Å². The van der Waals surface area contributed by atoms with E-state index in [1.54, 1.807) is 12.1 Å². The molecule has 0 aliphatic rings. The Bertz CT molecular complexity index is 1080. The molecular formula is C34H49N3O5. The Morgan fingerprint density at radius 2 is 1.26 bits per heavy atom. The van der Waals surface area contributed by atoms with Crippen molar-refractivity contribution in [2.45, 2.75) is 70.8 Å². The van der Waals surface area contributed by atoms with Crippen molar-refractivity contribution in [2.75, 3.05) is 13.1 Å². The van der Waals surface area contributed by atoms with E-state index in [0.29, 0.717) is 13.0 Å². The number of hydrogen-bond donors (Lipinski definition) is 5. The van der Waals surface area contributed by atoms with Gasteiger partial charge in [-0.05, 0) is 61.9 Å². The molecule has 3 aromatic rings. The van der Waals surface area contributed by atoms with Gasteiger partial charge in [0, 0.05) is 5.56 Å². The average molecular weight is 580 g/mol. The Morgan fingerprint density at radius 1 is 0.714 bits per heavy atom. The van der Waals surface area contributed by atoms with E-state index in [0.717, 1.165) is 49.6 Å². The molecule has 0 saturated carbocycles. The first-order chi connectivity index (χ1) is 20.3. The third-order valence-electron chi connectivity index (χ3n) is 5.95. The van der Waals surface area contributed by atoms with E-state index in [1.165, 1.54) is 30.4 Å². The summed E-state index contributed by atoms with van der Waals surface area (Å²) in [6.45, 7) is 3.55. The van der Waals surface area contributed by atoms with Crippen molar-refractivity contribution in [3.05, 3.63) is 107 Å². The van der Waals surface area contributed by atoms with Gasteiger partial charge in [0.05, 0.1) is 6.42 Å². The fourth-order valence-corrected chi connectivity index (χ4v) is 3.56. The number of carboxylic acid groups (broad SMARTS) is 2. The zero-order chi connectivity index (χ0) is 31.4. The molecule has 0 heterocycles. The van der Waals surface area contributed by atoms with E-state index in [9.17, 15) is 14.4 Å². The van der Waals surface area contributed by atoms with Crippen molar-refractivity contribution in [1.82, 2.24) is 0 Å². The number of carbonyl (C=O) groups is 3. The monoisotopic (exact) mass is 579 g/mol. The van der Waals surface area contributed by atoms with Crippen LogP contribution in [0.5, 0.6) is 0 Å². The Labute approximate surface area is 250 Å². The van der Waals surface area contributed by atoms with E-state index in [1.807, 2.05) is 60.7 Å². The minimum absolute atomic E-state index is 0.112. The number of aryl methyl sites for hydroxylation is 1.